The van der Waals surface area contributed by atoms with Gasteiger partial charge in [-0.05, 0) is 18.2 Å². The zero-order valence-corrected chi connectivity index (χ0v) is 8.45. The van der Waals surface area contributed by atoms with Gasteiger partial charge in [0.15, 0.2) is 0 Å². The number of carbonyl (C=O) groups is 1. The van der Waals surface area contributed by atoms with E-state index in [1.165, 1.54) is 18.3 Å². The molecular weight excluding hydrogens is 233 g/mol. The van der Waals surface area contributed by atoms with Gasteiger partial charge in [0, 0.05) is 11.6 Å². The Hall–Kier alpha value is -2.11. The summed E-state index contributed by atoms with van der Waals surface area (Å²) in [4.78, 5) is 14.2. The minimum absolute atomic E-state index is 0.187. The molecule has 0 radical (unpaired) electrons. The zero-order valence-electron chi connectivity index (χ0n) is 8.45. The average molecular weight is 240 g/mol. The molecule has 0 bridgehead atoms. The molecule has 1 aromatic carbocycles. The Labute approximate surface area is 94.3 Å². The minimum atomic E-state index is -4.40. The van der Waals surface area contributed by atoms with E-state index in [9.17, 15) is 18.0 Å². The van der Waals surface area contributed by atoms with E-state index in [1.54, 1.807) is 0 Å². The van der Waals surface area contributed by atoms with Crippen molar-refractivity contribution < 1.29 is 18.0 Å². The summed E-state index contributed by atoms with van der Waals surface area (Å²) in [6.07, 6.45) is -2.59. The highest BCUT2D eigenvalue weighted by molar-refractivity contribution is 5.95. The maximum absolute atomic E-state index is 12.5. The van der Waals surface area contributed by atoms with Crippen molar-refractivity contribution in [3.05, 3.63) is 36.0 Å². The fourth-order valence-electron chi connectivity index (χ4n) is 1.51. The van der Waals surface area contributed by atoms with Crippen LogP contribution >= 0.6 is 0 Å². The van der Waals surface area contributed by atoms with Crippen LogP contribution in [-0.4, -0.2) is 11.4 Å². The molecule has 1 heterocycles. The number of halogens is 3. The molecule has 0 saturated carbocycles. The van der Waals surface area contributed by atoms with Crippen LogP contribution in [0.15, 0.2) is 30.5 Å². The number of amides is 1. The van der Waals surface area contributed by atoms with Gasteiger partial charge in [0.05, 0.1) is 16.8 Å². The van der Waals surface area contributed by atoms with Crippen molar-refractivity contribution in [2.45, 2.75) is 6.18 Å². The zero-order chi connectivity index (χ0) is 12.5. The fourth-order valence-corrected chi connectivity index (χ4v) is 1.51. The fraction of sp³-hybridized carbons (Fsp3) is 0.0909. The molecule has 2 aromatic rings. The first-order chi connectivity index (χ1) is 8.02. The van der Waals surface area contributed by atoms with Crippen LogP contribution in [0.25, 0.3) is 10.9 Å². The van der Waals surface area contributed by atoms with Gasteiger partial charge in [-0.1, -0.05) is 6.07 Å². The number of benzene rings is 1. The number of aromatic nitrogens is 1. The number of rotatable bonds is 2. The lowest BCUT2D eigenvalue weighted by molar-refractivity contribution is -0.137. The number of alkyl halides is 3. The normalized spacial score (nSPS) is 11.5. The summed E-state index contributed by atoms with van der Waals surface area (Å²) in [6.45, 7) is 0. The molecule has 17 heavy (non-hydrogen) atoms. The van der Waals surface area contributed by atoms with Crippen LogP contribution in [0.4, 0.5) is 18.9 Å². The molecule has 0 atom stereocenters. The third kappa shape index (κ3) is 2.20. The van der Waals surface area contributed by atoms with Crippen LogP contribution in [0.5, 0.6) is 0 Å². The van der Waals surface area contributed by atoms with E-state index in [4.69, 9.17) is 0 Å². The van der Waals surface area contributed by atoms with Gasteiger partial charge < -0.3 is 5.32 Å². The Bertz CT molecular complexity index is 566. The van der Waals surface area contributed by atoms with Crippen LogP contribution in [-0.2, 0) is 11.0 Å². The average Bonchev–Trinajstić information content (AvgIpc) is 2.28. The van der Waals surface area contributed by atoms with Crippen molar-refractivity contribution in [1.82, 2.24) is 4.98 Å². The summed E-state index contributed by atoms with van der Waals surface area (Å²) in [5.41, 5.74) is -0.147. The van der Waals surface area contributed by atoms with E-state index in [-0.39, 0.29) is 5.52 Å². The van der Waals surface area contributed by atoms with Gasteiger partial charge in [0.2, 0.25) is 6.41 Å². The number of hydrogen-bond acceptors (Lipinski definition) is 2. The van der Waals surface area contributed by atoms with Crippen LogP contribution in [0.3, 0.4) is 0 Å². The molecule has 1 amide bonds. The Morgan fingerprint density at radius 1 is 1.24 bits per heavy atom. The number of hydrogen-bond donors (Lipinski definition) is 1. The second kappa shape index (κ2) is 4.04. The molecule has 88 valence electrons. The number of carbonyl (C=O) groups excluding carboxylic acids is 1. The van der Waals surface area contributed by atoms with E-state index in [1.807, 2.05) is 0 Å². The first-order valence-corrected chi connectivity index (χ1v) is 4.68. The topological polar surface area (TPSA) is 42.0 Å². The van der Waals surface area contributed by atoms with E-state index in [2.05, 4.69) is 10.3 Å². The molecule has 6 heteroatoms. The van der Waals surface area contributed by atoms with Gasteiger partial charge in [0.25, 0.3) is 0 Å². The Kier molecular flexibility index (Phi) is 2.71. The molecule has 1 aromatic heterocycles. The molecule has 3 nitrogen and oxygen atoms in total. The number of anilines is 1. The molecule has 1 N–H and O–H groups in total. The lowest BCUT2D eigenvalue weighted by Crippen LogP contribution is -2.05. The van der Waals surface area contributed by atoms with Crippen LogP contribution in [0.2, 0.25) is 0 Å². The maximum atomic E-state index is 12.5. The molecule has 0 fully saturated rings. The summed E-state index contributed by atoms with van der Waals surface area (Å²) >= 11 is 0. The summed E-state index contributed by atoms with van der Waals surface area (Å²) in [5, 5.41) is 2.87. The lowest BCUT2D eigenvalue weighted by Gasteiger charge is -2.09. The number of nitrogens with zero attached hydrogens (tertiary/aromatic N) is 1. The van der Waals surface area contributed by atoms with Crippen molar-refractivity contribution in [2.75, 3.05) is 5.32 Å². The Morgan fingerprint density at radius 3 is 2.65 bits per heavy atom. The van der Waals surface area contributed by atoms with Crippen LogP contribution in [0.1, 0.15) is 5.56 Å². The Morgan fingerprint density at radius 2 is 2.00 bits per heavy atom. The van der Waals surface area contributed by atoms with E-state index in [0.29, 0.717) is 17.5 Å². The van der Waals surface area contributed by atoms with Gasteiger partial charge in [-0.25, -0.2) is 0 Å². The molecule has 0 spiro atoms. The maximum Gasteiger partial charge on any atom is 0.416 e. The van der Waals surface area contributed by atoms with Gasteiger partial charge in [0.1, 0.15) is 0 Å². The van der Waals surface area contributed by atoms with Gasteiger partial charge >= 0.3 is 6.18 Å². The third-order valence-electron chi connectivity index (χ3n) is 2.28. The lowest BCUT2D eigenvalue weighted by atomic mass is 10.1. The summed E-state index contributed by atoms with van der Waals surface area (Å²) < 4.78 is 37.4. The molecule has 0 aliphatic carbocycles. The quantitative estimate of drug-likeness (QED) is 0.820. The van der Waals surface area contributed by atoms with Crippen molar-refractivity contribution in [3.63, 3.8) is 0 Å². The molecule has 0 unspecified atom stereocenters. The largest absolute Gasteiger partial charge is 0.416 e. The van der Waals surface area contributed by atoms with Crippen molar-refractivity contribution in [1.29, 1.82) is 0 Å². The second-order valence-electron chi connectivity index (χ2n) is 3.35. The van der Waals surface area contributed by atoms with Crippen LogP contribution in [0, 0.1) is 0 Å². The monoisotopic (exact) mass is 240 g/mol. The highest BCUT2D eigenvalue weighted by atomic mass is 19.4. The van der Waals surface area contributed by atoms with Crippen LogP contribution < -0.4 is 5.32 Å². The van der Waals surface area contributed by atoms with E-state index in [0.717, 1.165) is 12.1 Å². The van der Waals surface area contributed by atoms with Gasteiger partial charge in [-0.2, -0.15) is 13.2 Å². The summed E-state index contributed by atoms with van der Waals surface area (Å²) in [5.74, 6) is 0. The minimum Gasteiger partial charge on any atom is -0.328 e. The third-order valence-corrected chi connectivity index (χ3v) is 2.28. The standard InChI is InChI=1S/C11H7F3N2O/c12-11(13,14)7-1-2-8-9(16-6-17)3-4-15-10(8)5-7/h1-6H,(H,15,16,17). The molecular formula is C11H7F3N2O. The van der Waals surface area contributed by atoms with Crippen molar-refractivity contribution >= 4 is 23.0 Å². The van der Waals surface area contributed by atoms with E-state index < -0.39 is 11.7 Å². The van der Waals surface area contributed by atoms with Gasteiger partial charge in [-0.3, -0.25) is 9.78 Å². The van der Waals surface area contributed by atoms with E-state index >= 15 is 0 Å². The summed E-state index contributed by atoms with van der Waals surface area (Å²) in [6, 6.07) is 4.71. The first-order valence-electron chi connectivity index (χ1n) is 4.68. The van der Waals surface area contributed by atoms with Gasteiger partial charge in [-0.15, -0.1) is 0 Å². The predicted molar refractivity (Wildman–Crippen MR) is 56.4 cm³/mol. The molecule has 0 saturated heterocycles. The number of pyridine rings is 1. The number of nitrogens with one attached hydrogen (secondary N) is 1. The van der Waals surface area contributed by atoms with Crippen molar-refractivity contribution in [2.24, 2.45) is 0 Å². The summed E-state index contributed by atoms with van der Waals surface area (Å²) in [7, 11) is 0. The molecule has 0 aliphatic heterocycles. The smallest absolute Gasteiger partial charge is 0.328 e. The second-order valence-corrected chi connectivity index (χ2v) is 3.35. The Balaban J connectivity index is 2.60. The molecule has 2 rings (SSSR count). The first kappa shape index (κ1) is 11.4. The predicted octanol–water partition coefficient (Wildman–Crippen LogP) is 2.82. The highest BCUT2D eigenvalue weighted by Gasteiger charge is 2.30. The number of fused-ring (bicyclic) bond motifs is 1. The van der Waals surface area contributed by atoms with Crippen molar-refractivity contribution in [3.8, 4) is 0 Å². The molecule has 0 aliphatic rings. The highest BCUT2D eigenvalue weighted by Crippen LogP contribution is 2.32. The SMILES string of the molecule is O=CNc1ccnc2cc(C(F)(F)F)ccc12.